The van der Waals surface area contributed by atoms with Gasteiger partial charge in [0.05, 0.1) is 28.0 Å². The fourth-order valence-electron chi connectivity index (χ4n) is 1.79. The number of nitrogens with zero attached hydrogens (tertiary/aromatic N) is 2. The number of Topliss-reactive ketones (excluding diaryl/α,β-unsaturated/α-hetero) is 1. The van der Waals surface area contributed by atoms with Gasteiger partial charge < -0.3 is 4.74 Å². The molecular formula is C17H20N2O3. The summed E-state index contributed by atoms with van der Waals surface area (Å²) in [7, 11) is 0. The fraction of sp³-hybridized carbons (Fsp3) is 0.412. The van der Waals surface area contributed by atoms with Gasteiger partial charge in [-0.25, -0.2) is 14.8 Å². The number of hydrogen-bond acceptors (Lipinski definition) is 5. The minimum absolute atomic E-state index is 0.118. The molecule has 0 aliphatic carbocycles. The number of aromatic nitrogens is 2. The second kappa shape index (κ2) is 5.83. The van der Waals surface area contributed by atoms with E-state index in [4.69, 9.17) is 4.74 Å². The average Bonchev–Trinajstić information content (AvgIpc) is 2.44. The van der Waals surface area contributed by atoms with Gasteiger partial charge in [-0.15, -0.1) is 0 Å². The first-order chi connectivity index (χ1) is 10.2. The standard InChI is InChI=1S/C17H20N2O3/c1-10-11(2)19-14-8-12(6-7-13(14)18-10)16(21)22-9-15(20)17(3,4)5/h6-8H,9H2,1-5H3. The van der Waals surface area contributed by atoms with Crippen LogP contribution in [0.15, 0.2) is 18.2 Å². The quantitative estimate of drug-likeness (QED) is 0.815. The second-order valence-corrected chi connectivity index (χ2v) is 6.35. The molecule has 5 nitrogen and oxygen atoms in total. The molecule has 22 heavy (non-hydrogen) atoms. The molecule has 1 aromatic carbocycles. The highest BCUT2D eigenvalue weighted by Gasteiger charge is 2.22. The topological polar surface area (TPSA) is 69.2 Å². The van der Waals surface area contributed by atoms with Gasteiger partial charge in [-0.1, -0.05) is 20.8 Å². The summed E-state index contributed by atoms with van der Waals surface area (Å²) in [5, 5.41) is 0. The van der Waals surface area contributed by atoms with E-state index in [-0.39, 0.29) is 12.4 Å². The van der Waals surface area contributed by atoms with E-state index in [9.17, 15) is 9.59 Å². The smallest absolute Gasteiger partial charge is 0.338 e. The SMILES string of the molecule is Cc1nc2ccc(C(=O)OCC(=O)C(C)(C)C)cc2nc1C. The lowest BCUT2D eigenvalue weighted by atomic mass is 9.91. The van der Waals surface area contributed by atoms with E-state index in [0.29, 0.717) is 11.1 Å². The summed E-state index contributed by atoms with van der Waals surface area (Å²) in [6.45, 7) is 8.91. The van der Waals surface area contributed by atoms with Crippen LogP contribution in [-0.2, 0) is 9.53 Å². The molecule has 0 radical (unpaired) electrons. The van der Waals surface area contributed by atoms with Crippen LogP contribution in [0.4, 0.5) is 0 Å². The Labute approximate surface area is 129 Å². The minimum atomic E-state index is -0.528. The summed E-state index contributed by atoms with van der Waals surface area (Å²) >= 11 is 0. The molecule has 5 heteroatoms. The van der Waals surface area contributed by atoms with Crippen molar-refractivity contribution >= 4 is 22.8 Å². The number of fused-ring (bicyclic) bond motifs is 1. The van der Waals surface area contributed by atoms with Gasteiger partial charge in [-0.2, -0.15) is 0 Å². The maximum absolute atomic E-state index is 12.0. The van der Waals surface area contributed by atoms with Crippen LogP contribution in [0.3, 0.4) is 0 Å². The number of carbonyl (C=O) groups is 2. The zero-order valence-electron chi connectivity index (χ0n) is 13.6. The molecule has 1 aromatic heterocycles. The van der Waals surface area contributed by atoms with Gasteiger partial charge in [0.1, 0.15) is 0 Å². The van der Waals surface area contributed by atoms with Crippen molar-refractivity contribution in [3.63, 3.8) is 0 Å². The maximum Gasteiger partial charge on any atom is 0.338 e. The van der Waals surface area contributed by atoms with Crippen molar-refractivity contribution in [3.05, 3.63) is 35.2 Å². The third-order valence-corrected chi connectivity index (χ3v) is 3.48. The Balaban J connectivity index is 2.18. The van der Waals surface area contributed by atoms with Crippen LogP contribution >= 0.6 is 0 Å². The van der Waals surface area contributed by atoms with Gasteiger partial charge in [0.25, 0.3) is 0 Å². The Hall–Kier alpha value is -2.30. The Morgan fingerprint density at radius 1 is 1.05 bits per heavy atom. The highest BCUT2D eigenvalue weighted by Crippen LogP contribution is 2.17. The Morgan fingerprint density at radius 2 is 1.64 bits per heavy atom. The van der Waals surface area contributed by atoms with Crippen LogP contribution in [0.25, 0.3) is 11.0 Å². The molecule has 0 aliphatic heterocycles. The third kappa shape index (κ3) is 3.47. The van der Waals surface area contributed by atoms with Gasteiger partial charge in [-0.3, -0.25) is 4.79 Å². The molecule has 0 N–H and O–H groups in total. The molecule has 2 rings (SSSR count). The summed E-state index contributed by atoms with van der Waals surface area (Å²) in [6, 6.07) is 5.01. The van der Waals surface area contributed by atoms with Crippen LogP contribution in [0.5, 0.6) is 0 Å². The van der Waals surface area contributed by atoms with E-state index >= 15 is 0 Å². The zero-order chi connectivity index (χ0) is 16.5. The number of rotatable bonds is 3. The maximum atomic E-state index is 12.0. The summed E-state index contributed by atoms with van der Waals surface area (Å²) in [5.74, 6) is -0.646. The van der Waals surface area contributed by atoms with Gasteiger partial charge in [0, 0.05) is 5.41 Å². The van der Waals surface area contributed by atoms with Crippen LogP contribution in [0, 0.1) is 19.3 Å². The lowest BCUT2D eigenvalue weighted by Gasteiger charge is -2.16. The number of carbonyl (C=O) groups excluding carboxylic acids is 2. The molecule has 0 unspecified atom stereocenters. The monoisotopic (exact) mass is 300 g/mol. The Morgan fingerprint density at radius 3 is 2.23 bits per heavy atom. The first kappa shape index (κ1) is 16.1. The third-order valence-electron chi connectivity index (χ3n) is 3.48. The lowest BCUT2D eigenvalue weighted by molar-refractivity contribution is -0.129. The molecule has 1 heterocycles. The van der Waals surface area contributed by atoms with Crippen LogP contribution in [0.1, 0.15) is 42.5 Å². The molecular weight excluding hydrogens is 280 g/mol. The molecule has 116 valence electrons. The zero-order valence-corrected chi connectivity index (χ0v) is 13.6. The second-order valence-electron chi connectivity index (χ2n) is 6.35. The predicted octanol–water partition coefficient (Wildman–Crippen LogP) is 3.02. The van der Waals surface area contributed by atoms with Crippen LogP contribution in [-0.4, -0.2) is 28.3 Å². The van der Waals surface area contributed by atoms with Crippen molar-refractivity contribution in [1.82, 2.24) is 9.97 Å². The van der Waals surface area contributed by atoms with Crippen molar-refractivity contribution in [2.24, 2.45) is 5.41 Å². The number of ketones is 1. The van der Waals surface area contributed by atoms with Crippen molar-refractivity contribution < 1.29 is 14.3 Å². The van der Waals surface area contributed by atoms with E-state index in [1.807, 2.05) is 13.8 Å². The number of esters is 1. The number of aryl methyl sites for hydroxylation is 2. The van der Waals surface area contributed by atoms with Gasteiger partial charge >= 0.3 is 5.97 Å². The summed E-state index contributed by atoms with van der Waals surface area (Å²) < 4.78 is 5.08. The summed E-state index contributed by atoms with van der Waals surface area (Å²) in [4.78, 5) is 32.7. The van der Waals surface area contributed by atoms with Crippen LogP contribution < -0.4 is 0 Å². The van der Waals surface area contributed by atoms with Gasteiger partial charge in [-0.05, 0) is 32.0 Å². The van der Waals surface area contributed by atoms with E-state index in [2.05, 4.69) is 9.97 Å². The van der Waals surface area contributed by atoms with E-state index in [1.54, 1.807) is 39.0 Å². The van der Waals surface area contributed by atoms with E-state index in [1.165, 1.54) is 0 Å². The molecule has 0 bridgehead atoms. The Kier molecular flexibility index (Phi) is 4.26. The molecule has 0 saturated heterocycles. The molecule has 0 fully saturated rings. The average molecular weight is 300 g/mol. The van der Waals surface area contributed by atoms with Crippen molar-refractivity contribution in [1.29, 1.82) is 0 Å². The molecule has 0 atom stereocenters. The first-order valence-electron chi connectivity index (χ1n) is 7.14. The van der Waals surface area contributed by atoms with E-state index in [0.717, 1.165) is 16.9 Å². The number of ether oxygens (including phenoxy) is 1. The lowest BCUT2D eigenvalue weighted by Crippen LogP contribution is -2.26. The van der Waals surface area contributed by atoms with Crippen molar-refractivity contribution in [2.75, 3.05) is 6.61 Å². The van der Waals surface area contributed by atoms with Gasteiger partial charge in [0.2, 0.25) is 0 Å². The molecule has 0 amide bonds. The fourth-order valence-corrected chi connectivity index (χ4v) is 1.79. The normalized spacial score (nSPS) is 11.5. The highest BCUT2D eigenvalue weighted by molar-refractivity contribution is 5.95. The number of benzene rings is 1. The molecule has 0 aliphatic rings. The highest BCUT2D eigenvalue weighted by atomic mass is 16.5. The Bertz CT molecular complexity index is 745. The minimum Gasteiger partial charge on any atom is -0.454 e. The van der Waals surface area contributed by atoms with Crippen molar-refractivity contribution in [3.8, 4) is 0 Å². The van der Waals surface area contributed by atoms with Crippen LogP contribution in [0.2, 0.25) is 0 Å². The predicted molar refractivity (Wildman–Crippen MR) is 83.8 cm³/mol. The van der Waals surface area contributed by atoms with Gasteiger partial charge in [0.15, 0.2) is 12.4 Å². The molecule has 0 spiro atoms. The largest absolute Gasteiger partial charge is 0.454 e. The summed E-state index contributed by atoms with van der Waals surface area (Å²) in [5.41, 5.74) is 2.89. The van der Waals surface area contributed by atoms with E-state index < -0.39 is 11.4 Å². The van der Waals surface area contributed by atoms with Crippen molar-refractivity contribution in [2.45, 2.75) is 34.6 Å². The first-order valence-corrected chi connectivity index (χ1v) is 7.14. The number of hydrogen-bond donors (Lipinski definition) is 0. The molecule has 0 saturated carbocycles. The summed E-state index contributed by atoms with van der Waals surface area (Å²) in [6.07, 6.45) is 0. The molecule has 2 aromatic rings.